The average molecular weight is 149 g/mol. The normalized spacial score (nSPS) is 12.4. The molecule has 0 amide bonds. The fourth-order valence-electron chi connectivity index (χ4n) is 0.850. The third-order valence-electron chi connectivity index (χ3n) is 1.48. The molecule has 1 rings (SSSR count). The van der Waals surface area contributed by atoms with E-state index < -0.39 is 0 Å². The van der Waals surface area contributed by atoms with Gasteiger partial charge >= 0.3 is 0 Å². The number of terminal acetylenes is 1. The maximum Gasteiger partial charge on any atom is 0.120 e. The molecule has 1 N–H and O–H groups in total. The maximum atomic E-state index is 5.16. The Labute approximate surface area is 66.6 Å². The van der Waals surface area contributed by atoms with Crippen molar-refractivity contribution < 1.29 is 4.42 Å². The molecule has 2 heteroatoms. The lowest BCUT2D eigenvalue weighted by atomic mass is 10.2. The van der Waals surface area contributed by atoms with Gasteiger partial charge in [-0.25, -0.2) is 0 Å². The molecule has 2 nitrogen and oxygen atoms in total. The van der Waals surface area contributed by atoms with Crippen LogP contribution in [0, 0.1) is 12.3 Å². The van der Waals surface area contributed by atoms with Gasteiger partial charge in [-0.05, 0) is 19.1 Å². The van der Waals surface area contributed by atoms with Gasteiger partial charge in [-0.3, -0.25) is 5.32 Å². The van der Waals surface area contributed by atoms with Crippen LogP contribution < -0.4 is 5.32 Å². The predicted molar refractivity (Wildman–Crippen MR) is 44.0 cm³/mol. The zero-order valence-corrected chi connectivity index (χ0v) is 6.50. The summed E-state index contributed by atoms with van der Waals surface area (Å²) in [7, 11) is 0. The van der Waals surface area contributed by atoms with Crippen molar-refractivity contribution >= 4 is 0 Å². The van der Waals surface area contributed by atoms with Crippen molar-refractivity contribution in [3.63, 3.8) is 0 Å². The largest absolute Gasteiger partial charge is 0.468 e. The highest BCUT2D eigenvalue weighted by atomic mass is 16.3. The second kappa shape index (κ2) is 3.85. The van der Waals surface area contributed by atoms with Gasteiger partial charge in [0.1, 0.15) is 5.76 Å². The molecular weight excluding hydrogens is 138 g/mol. The SMILES string of the molecule is C#CCNC(C)c1ccco1. The molecule has 1 atom stereocenters. The van der Waals surface area contributed by atoms with Crippen molar-refractivity contribution in [2.24, 2.45) is 0 Å². The van der Waals surface area contributed by atoms with Crippen molar-refractivity contribution in [1.29, 1.82) is 0 Å². The second-order valence-corrected chi connectivity index (χ2v) is 2.32. The van der Waals surface area contributed by atoms with Crippen LogP contribution in [0.3, 0.4) is 0 Å². The third-order valence-corrected chi connectivity index (χ3v) is 1.48. The molecule has 1 heterocycles. The van der Waals surface area contributed by atoms with Crippen LogP contribution in [0.2, 0.25) is 0 Å². The fourth-order valence-corrected chi connectivity index (χ4v) is 0.850. The van der Waals surface area contributed by atoms with E-state index >= 15 is 0 Å². The quantitative estimate of drug-likeness (QED) is 0.660. The number of nitrogens with one attached hydrogen (secondary N) is 1. The smallest absolute Gasteiger partial charge is 0.120 e. The molecule has 1 unspecified atom stereocenters. The first kappa shape index (κ1) is 7.90. The summed E-state index contributed by atoms with van der Waals surface area (Å²) in [6, 6.07) is 3.98. The predicted octanol–water partition coefficient (Wildman–Crippen LogP) is 1.56. The van der Waals surface area contributed by atoms with E-state index in [1.807, 2.05) is 19.1 Å². The molecule has 0 aromatic carbocycles. The Hall–Kier alpha value is -1.20. The Bertz CT molecular complexity index is 233. The Morgan fingerprint density at radius 1 is 1.82 bits per heavy atom. The molecule has 0 aliphatic heterocycles. The lowest BCUT2D eigenvalue weighted by Gasteiger charge is -2.06. The summed E-state index contributed by atoms with van der Waals surface area (Å²) in [5, 5.41) is 3.10. The van der Waals surface area contributed by atoms with E-state index in [4.69, 9.17) is 10.8 Å². The van der Waals surface area contributed by atoms with E-state index in [0.29, 0.717) is 6.54 Å². The molecule has 0 saturated carbocycles. The standard InChI is InChI=1S/C9H11NO/c1-3-6-10-8(2)9-5-4-7-11-9/h1,4-5,7-8,10H,6H2,2H3. The Morgan fingerprint density at radius 3 is 3.18 bits per heavy atom. The van der Waals surface area contributed by atoms with Crippen LogP contribution in [0.5, 0.6) is 0 Å². The highest BCUT2D eigenvalue weighted by Gasteiger charge is 2.04. The van der Waals surface area contributed by atoms with Crippen LogP contribution in [0.4, 0.5) is 0 Å². The minimum atomic E-state index is 0.195. The van der Waals surface area contributed by atoms with Gasteiger partial charge in [0.2, 0.25) is 0 Å². The first-order valence-corrected chi connectivity index (χ1v) is 3.55. The molecule has 1 aromatic rings. The minimum absolute atomic E-state index is 0.195. The van der Waals surface area contributed by atoms with E-state index in [1.54, 1.807) is 6.26 Å². The summed E-state index contributed by atoms with van der Waals surface area (Å²) in [6.07, 6.45) is 6.74. The Balaban J connectivity index is 2.44. The highest BCUT2D eigenvalue weighted by Crippen LogP contribution is 2.10. The third kappa shape index (κ3) is 2.14. The van der Waals surface area contributed by atoms with Gasteiger partial charge in [-0.1, -0.05) is 5.92 Å². The number of hydrogen-bond donors (Lipinski definition) is 1. The number of furan rings is 1. The van der Waals surface area contributed by atoms with E-state index in [-0.39, 0.29) is 6.04 Å². The van der Waals surface area contributed by atoms with Gasteiger partial charge in [0.25, 0.3) is 0 Å². The molecule has 11 heavy (non-hydrogen) atoms. The van der Waals surface area contributed by atoms with Crippen LogP contribution in [-0.4, -0.2) is 6.54 Å². The summed E-state index contributed by atoms with van der Waals surface area (Å²) in [4.78, 5) is 0. The van der Waals surface area contributed by atoms with Crippen LogP contribution in [0.1, 0.15) is 18.7 Å². The minimum Gasteiger partial charge on any atom is -0.468 e. The first-order chi connectivity index (χ1) is 5.34. The molecule has 0 radical (unpaired) electrons. The van der Waals surface area contributed by atoms with Crippen LogP contribution in [0.25, 0.3) is 0 Å². The monoisotopic (exact) mass is 149 g/mol. The molecule has 0 aliphatic rings. The number of rotatable bonds is 3. The zero-order valence-electron chi connectivity index (χ0n) is 6.50. The zero-order chi connectivity index (χ0) is 8.10. The summed E-state index contributed by atoms with van der Waals surface area (Å²) in [6.45, 7) is 2.58. The summed E-state index contributed by atoms with van der Waals surface area (Å²) >= 11 is 0. The summed E-state index contributed by atoms with van der Waals surface area (Å²) in [5.41, 5.74) is 0. The Kier molecular flexibility index (Phi) is 2.76. The molecule has 1 aromatic heterocycles. The van der Waals surface area contributed by atoms with Crippen molar-refractivity contribution in [1.82, 2.24) is 5.32 Å². The highest BCUT2D eigenvalue weighted by molar-refractivity contribution is 5.03. The molecule has 0 saturated heterocycles. The van der Waals surface area contributed by atoms with E-state index in [9.17, 15) is 0 Å². The first-order valence-electron chi connectivity index (χ1n) is 3.55. The fraction of sp³-hybridized carbons (Fsp3) is 0.333. The Morgan fingerprint density at radius 2 is 2.64 bits per heavy atom. The molecule has 0 bridgehead atoms. The van der Waals surface area contributed by atoms with Gasteiger partial charge in [0, 0.05) is 0 Å². The second-order valence-electron chi connectivity index (χ2n) is 2.32. The van der Waals surface area contributed by atoms with E-state index in [1.165, 1.54) is 0 Å². The summed E-state index contributed by atoms with van der Waals surface area (Å²) < 4.78 is 5.16. The van der Waals surface area contributed by atoms with E-state index in [0.717, 1.165) is 5.76 Å². The molecule has 58 valence electrons. The molecule has 0 spiro atoms. The van der Waals surface area contributed by atoms with Gasteiger partial charge < -0.3 is 4.42 Å². The summed E-state index contributed by atoms with van der Waals surface area (Å²) in [5.74, 6) is 3.42. The van der Waals surface area contributed by atoms with Crippen LogP contribution >= 0.6 is 0 Å². The molecule has 0 aliphatic carbocycles. The van der Waals surface area contributed by atoms with E-state index in [2.05, 4.69) is 11.2 Å². The maximum absolute atomic E-state index is 5.16. The molecule has 0 fully saturated rings. The average Bonchev–Trinajstić information content (AvgIpc) is 2.52. The van der Waals surface area contributed by atoms with Crippen molar-refractivity contribution in [2.75, 3.05) is 6.54 Å². The van der Waals surface area contributed by atoms with Crippen molar-refractivity contribution in [2.45, 2.75) is 13.0 Å². The van der Waals surface area contributed by atoms with Crippen molar-refractivity contribution in [3.8, 4) is 12.3 Å². The van der Waals surface area contributed by atoms with Crippen LogP contribution in [-0.2, 0) is 0 Å². The van der Waals surface area contributed by atoms with Gasteiger partial charge in [-0.2, -0.15) is 0 Å². The van der Waals surface area contributed by atoms with Crippen molar-refractivity contribution in [3.05, 3.63) is 24.2 Å². The number of hydrogen-bond acceptors (Lipinski definition) is 2. The lowest BCUT2D eigenvalue weighted by Crippen LogP contribution is -2.17. The topological polar surface area (TPSA) is 25.2 Å². The van der Waals surface area contributed by atoms with Gasteiger partial charge in [-0.15, -0.1) is 6.42 Å². The van der Waals surface area contributed by atoms with Gasteiger partial charge in [0.15, 0.2) is 0 Å². The van der Waals surface area contributed by atoms with Gasteiger partial charge in [0.05, 0.1) is 18.8 Å². The molecular formula is C9H11NO. The van der Waals surface area contributed by atoms with Crippen LogP contribution in [0.15, 0.2) is 22.8 Å². The lowest BCUT2D eigenvalue weighted by molar-refractivity contribution is 0.443.